The Balaban J connectivity index is 2.00. The third-order valence-electron chi connectivity index (χ3n) is 3.92. The molecule has 2 aliphatic rings. The van der Waals surface area contributed by atoms with Crippen LogP contribution in [0.25, 0.3) is 0 Å². The molecule has 2 rings (SSSR count). The molecule has 0 saturated heterocycles. The van der Waals surface area contributed by atoms with Crippen molar-refractivity contribution in [1.29, 1.82) is 0 Å². The minimum Gasteiger partial charge on any atom is -0.398 e. The van der Waals surface area contributed by atoms with Gasteiger partial charge in [0, 0.05) is 11.9 Å². The molecule has 1 fully saturated rings. The van der Waals surface area contributed by atoms with Crippen LogP contribution in [0.15, 0.2) is 23.5 Å². The Morgan fingerprint density at radius 2 is 2.06 bits per heavy atom. The van der Waals surface area contributed by atoms with Crippen LogP contribution in [-0.4, -0.2) is 5.66 Å². The van der Waals surface area contributed by atoms with E-state index in [1.807, 2.05) is 12.3 Å². The number of nitrogens with two attached hydrogens (primary N) is 2. The van der Waals surface area contributed by atoms with Gasteiger partial charge in [-0.05, 0) is 30.9 Å². The summed E-state index contributed by atoms with van der Waals surface area (Å²) >= 11 is 0. The van der Waals surface area contributed by atoms with E-state index in [9.17, 15) is 0 Å². The van der Waals surface area contributed by atoms with Crippen molar-refractivity contribution in [2.24, 2.45) is 17.4 Å². The van der Waals surface area contributed by atoms with Gasteiger partial charge in [0.2, 0.25) is 0 Å². The molecule has 0 amide bonds. The molecule has 1 aliphatic carbocycles. The van der Waals surface area contributed by atoms with Crippen LogP contribution in [0.3, 0.4) is 0 Å². The van der Waals surface area contributed by atoms with E-state index < -0.39 is 0 Å². The molecule has 0 aromatic carbocycles. The van der Waals surface area contributed by atoms with Crippen molar-refractivity contribution in [3.8, 4) is 0 Å². The van der Waals surface area contributed by atoms with E-state index in [0.29, 0.717) is 0 Å². The molecule has 90 valence electrons. The summed E-state index contributed by atoms with van der Waals surface area (Å²) in [5.41, 5.74) is 13.7. The highest BCUT2D eigenvalue weighted by Gasteiger charge is 2.31. The first kappa shape index (κ1) is 11.5. The minimum atomic E-state index is -0.370. The molecule has 1 aliphatic heterocycles. The van der Waals surface area contributed by atoms with Gasteiger partial charge in [0.05, 0.1) is 0 Å². The molecular weight excluding hydrogens is 198 g/mol. The summed E-state index contributed by atoms with van der Waals surface area (Å²) in [7, 11) is 0. The fourth-order valence-corrected chi connectivity index (χ4v) is 2.81. The monoisotopic (exact) mass is 221 g/mol. The third-order valence-corrected chi connectivity index (χ3v) is 3.92. The van der Waals surface area contributed by atoms with Crippen LogP contribution < -0.4 is 16.8 Å². The Bertz CT molecular complexity index is 313. The average Bonchev–Trinajstić information content (AvgIpc) is 2.26. The Hall–Kier alpha value is -0.960. The summed E-state index contributed by atoms with van der Waals surface area (Å²) in [4.78, 5) is 0. The van der Waals surface area contributed by atoms with Crippen molar-refractivity contribution in [3.05, 3.63) is 23.5 Å². The maximum absolute atomic E-state index is 6.42. The number of dihydropyridines is 1. The summed E-state index contributed by atoms with van der Waals surface area (Å²) in [5, 5.41) is 3.26. The van der Waals surface area contributed by atoms with Crippen molar-refractivity contribution in [2.45, 2.75) is 51.1 Å². The average molecular weight is 221 g/mol. The van der Waals surface area contributed by atoms with E-state index >= 15 is 0 Å². The SMILES string of the molecule is CC1=CC(N)=CNC1(N)CC1CCCCC1. The Morgan fingerprint density at radius 1 is 1.38 bits per heavy atom. The number of hydrogen-bond acceptors (Lipinski definition) is 3. The van der Waals surface area contributed by atoms with Gasteiger partial charge < -0.3 is 16.8 Å². The molecule has 3 nitrogen and oxygen atoms in total. The standard InChI is InChI=1S/C13H23N3/c1-10-7-12(14)9-16-13(10,15)8-11-5-3-2-4-6-11/h7,9,11,16H,2-6,8,14-15H2,1H3. The smallest absolute Gasteiger partial charge is 0.108 e. The predicted molar refractivity (Wildman–Crippen MR) is 67.3 cm³/mol. The molecule has 0 bridgehead atoms. The fraction of sp³-hybridized carbons (Fsp3) is 0.692. The predicted octanol–water partition coefficient (Wildman–Crippen LogP) is 1.96. The molecule has 1 unspecified atom stereocenters. The Labute approximate surface area is 98.0 Å². The molecule has 5 N–H and O–H groups in total. The lowest BCUT2D eigenvalue weighted by Crippen LogP contribution is -2.55. The highest BCUT2D eigenvalue weighted by Crippen LogP contribution is 2.32. The zero-order valence-electron chi connectivity index (χ0n) is 10.1. The fourth-order valence-electron chi connectivity index (χ4n) is 2.81. The Morgan fingerprint density at radius 3 is 2.69 bits per heavy atom. The van der Waals surface area contributed by atoms with Gasteiger partial charge in [0.15, 0.2) is 0 Å². The second-order valence-corrected chi connectivity index (χ2v) is 5.30. The summed E-state index contributed by atoms with van der Waals surface area (Å²) < 4.78 is 0. The van der Waals surface area contributed by atoms with Gasteiger partial charge in [0.1, 0.15) is 5.66 Å². The Kier molecular flexibility index (Phi) is 3.24. The lowest BCUT2D eigenvalue weighted by Gasteiger charge is -2.38. The van der Waals surface area contributed by atoms with Crippen molar-refractivity contribution in [3.63, 3.8) is 0 Å². The van der Waals surface area contributed by atoms with Crippen LogP contribution in [0.4, 0.5) is 0 Å². The summed E-state index contributed by atoms with van der Waals surface area (Å²) in [6.07, 6.45) is 11.6. The van der Waals surface area contributed by atoms with E-state index in [2.05, 4.69) is 12.2 Å². The summed E-state index contributed by atoms with van der Waals surface area (Å²) in [6, 6.07) is 0. The molecule has 1 saturated carbocycles. The van der Waals surface area contributed by atoms with Crippen molar-refractivity contribution in [1.82, 2.24) is 5.32 Å². The molecule has 1 heterocycles. The maximum Gasteiger partial charge on any atom is 0.108 e. The number of hydrogen-bond donors (Lipinski definition) is 3. The van der Waals surface area contributed by atoms with E-state index in [1.165, 1.54) is 32.1 Å². The van der Waals surface area contributed by atoms with Crippen LogP contribution in [0.2, 0.25) is 0 Å². The van der Waals surface area contributed by atoms with Gasteiger partial charge in [-0.2, -0.15) is 0 Å². The molecule has 1 atom stereocenters. The lowest BCUT2D eigenvalue weighted by molar-refractivity contribution is 0.262. The van der Waals surface area contributed by atoms with E-state index in [0.717, 1.165) is 23.6 Å². The molecule has 0 spiro atoms. The van der Waals surface area contributed by atoms with Crippen LogP contribution in [0.5, 0.6) is 0 Å². The van der Waals surface area contributed by atoms with Gasteiger partial charge in [-0.25, -0.2) is 0 Å². The van der Waals surface area contributed by atoms with E-state index in [1.54, 1.807) is 0 Å². The van der Waals surface area contributed by atoms with Gasteiger partial charge in [-0.1, -0.05) is 32.1 Å². The van der Waals surface area contributed by atoms with Gasteiger partial charge in [-0.15, -0.1) is 0 Å². The van der Waals surface area contributed by atoms with Crippen molar-refractivity contribution < 1.29 is 0 Å². The summed E-state index contributed by atoms with van der Waals surface area (Å²) in [5.74, 6) is 0.766. The number of rotatable bonds is 2. The van der Waals surface area contributed by atoms with E-state index in [4.69, 9.17) is 11.5 Å². The highest BCUT2D eigenvalue weighted by molar-refractivity contribution is 5.31. The van der Waals surface area contributed by atoms with Gasteiger partial charge >= 0.3 is 0 Å². The molecular formula is C13H23N3. The zero-order valence-corrected chi connectivity index (χ0v) is 10.1. The quantitative estimate of drug-likeness (QED) is 0.668. The highest BCUT2D eigenvalue weighted by atomic mass is 15.1. The van der Waals surface area contributed by atoms with Crippen LogP contribution in [0, 0.1) is 5.92 Å². The number of nitrogens with one attached hydrogen (secondary N) is 1. The first-order valence-corrected chi connectivity index (χ1v) is 6.31. The van der Waals surface area contributed by atoms with Crippen LogP contribution in [-0.2, 0) is 0 Å². The normalized spacial score (nSPS) is 31.6. The lowest BCUT2D eigenvalue weighted by atomic mass is 9.80. The van der Waals surface area contributed by atoms with Crippen molar-refractivity contribution >= 4 is 0 Å². The second kappa shape index (κ2) is 4.50. The molecule has 0 aromatic heterocycles. The van der Waals surface area contributed by atoms with Crippen molar-refractivity contribution in [2.75, 3.05) is 0 Å². The third kappa shape index (κ3) is 2.40. The van der Waals surface area contributed by atoms with Crippen LogP contribution in [0.1, 0.15) is 45.4 Å². The molecule has 16 heavy (non-hydrogen) atoms. The first-order chi connectivity index (χ1) is 7.60. The summed E-state index contributed by atoms with van der Waals surface area (Å²) in [6.45, 7) is 2.07. The number of allylic oxidation sites excluding steroid dienone is 1. The largest absolute Gasteiger partial charge is 0.398 e. The second-order valence-electron chi connectivity index (χ2n) is 5.30. The minimum absolute atomic E-state index is 0.370. The molecule has 0 aromatic rings. The topological polar surface area (TPSA) is 64.1 Å². The zero-order chi connectivity index (χ0) is 11.6. The van der Waals surface area contributed by atoms with Gasteiger partial charge in [0.25, 0.3) is 0 Å². The maximum atomic E-state index is 6.42. The van der Waals surface area contributed by atoms with Gasteiger partial charge in [-0.3, -0.25) is 0 Å². The van der Waals surface area contributed by atoms with Crippen LogP contribution >= 0.6 is 0 Å². The molecule has 0 radical (unpaired) electrons. The van der Waals surface area contributed by atoms with E-state index in [-0.39, 0.29) is 5.66 Å². The molecule has 3 heteroatoms. The first-order valence-electron chi connectivity index (χ1n) is 6.31.